The molecule has 0 spiro atoms. The molecular formula is C12H17N3O2S. The van der Waals surface area contributed by atoms with Gasteiger partial charge in [0.15, 0.2) is 0 Å². The zero-order valence-electron chi connectivity index (χ0n) is 10.3. The molecule has 1 aliphatic heterocycles. The Labute approximate surface area is 107 Å². The first-order valence-electron chi connectivity index (χ1n) is 6.02. The van der Waals surface area contributed by atoms with Crippen LogP contribution < -0.4 is 10.0 Å². The molecular weight excluding hydrogens is 250 g/mol. The lowest BCUT2D eigenvalue weighted by Gasteiger charge is -2.00. The van der Waals surface area contributed by atoms with Gasteiger partial charge in [0.25, 0.3) is 10.0 Å². The molecule has 0 unspecified atom stereocenters. The van der Waals surface area contributed by atoms with E-state index >= 15 is 0 Å². The molecule has 1 aliphatic rings. The lowest BCUT2D eigenvalue weighted by atomic mass is 10.2. The van der Waals surface area contributed by atoms with Gasteiger partial charge in [-0.25, -0.2) is 8.42 Å². The molecule has 5 nitrogen and oxygen atoms in total. The molecule has 0 fully saturated rings. The van der Waals surface area contributed by atoms with E-state index < -0.39 is 10.0 Å². The quantitative estimate of drug-likeness (QED) is 0.772. The van der Waals surface area contributed by atoms with E-state index in [4.69, 9.17) is 0 Å². The van der Waals surface area contributed by atoms with Crippen LogP contribution in [0.5, 0.6) is 0 Å². The summed E-state index contributed by atoms with van der Waals surface area (Å²) in [5.74, 6) is 0.460. The topological polar surface area (TPSA) is 70.6 Å². The van der Waals surface area contributed by atoms with Crippen molar-refractivity contribution in [2.24, 2.45) is 4.99 Å². The lowest BCUT2D eigenvalue weighted by Crippen LogP contribution is -2.23. The number of aliphatic imine (C=N–C) groups is 1. The second-order valence-corrected chi connectivity index (χ2v) is 5.69. The van der Waals surface area contributed by atoms with E-state index in [9.17, 15) is 8.42 Å². The summed E-state index contributed by atoms with van der Waals surface area (Å²) < 4.78 is 26.1. The maximum absolute atomic E-state index is 11.8. The fourth-order valence-electron chi connectivity index (χ4n) is 1.82. The first-order chi connectivity index (χ1) is 8.65. The van der Waals surface area contributed by atoms with Crippen LogP contribution in [0.4, 0.5) is 0 Å². The fraction of sp³-hybridized carbons (Fsp3) is 0.417. The van der Waals surface area contributed by atoms with Crippen LogP contribution in [-0.2, 0) is 10.0 Å². The van der Waals surface area contributed by atoms with Crippen molar-refractivity contribution in [3.05, 3.63) is 29.8 Å². The van der Waals surface area contributed by atoms with E-state index in [0.717, 1.165) is 19.5 Å². The number of sulfonamides is 1. The normalized spacial score (nSPS) is 18.6. The highest BCUT2D eigenvalue weighted by molar-refractivity contribution is 7.90. The molecule has 0 atom stereocenters. The summed E-state index contributed by atoms with van der Waals surface area (Å²) in [6.07, 6.45) is 0.890. The molecule has 0 bridgehead atoms. The molecule has 6 heteroatoms. The Bertz CT molecular complexity index is 552. The standard InChI is InChI=1S/C12H17N3O2S/c1-2-13-8-5-9-14-12-10-6-3-4-7-11(10)18(16,17)15-12/h3-4,6-7,13H,2,5,8-9H2,1H3,(H,14,15). The maximum Gasteiger partial charge on any atom is 0.263 e. The van der Waals surface area contributed by atoms with Gasteiger partial charge in [-0.3, -0.25) is 9.71 Å². The second kappa shape index (κ2) is 5.49. The van der Waals surface area contributed by atoms with Crippen LogP contribution >= 0.6 is 0 Å². The third kappa shape index (κ3) is 2.70. The van der Waals surface area contributed by atoms with Crippen molar-refractivity contribution in [1.29, 1.82) is 0 Å². The van der Waals surface area contributed by atoms with E-state index in [1.165, 1.54) is 0 Å². The molecule has 1 heterocycles. The van der Waals surface area contributed by atoms with E-state index in [0.29, 0.717) is 22.8 Å². The molecule has 0 saturated carbocycles. The van der Waals surface area contributed by atoms with E-state index in [1.807, 2.05) is 13.0 Å². The highest BCUT2D eigenvalue weighted by Gasteiger charge is 2.29. The average molecular weight is 267 g/mol. The highest BCUT2D eigenvalue weighted by Crippen LogP contribution is 2.21. The molecule has 0 radical (unpaired) electrons. The number of hydrogen-bond acceptors (Lipinski definition) is 4. The third-order valence-electron chi connectivity index (χ3n) is 2.69. The molecule has 0 aromatic heterocycles. The van der Waals surface area contributed by atoms with Crippen molar-refractivity contribution in [2.45, 2.75) is 18.2 Å². The summed E-state index contributed by atoms with van der Waals surface area (Å²) in [6.45, 7) is 4.49. The van der Waals surface area contributed by atoms with Crippen LogP contribution in [0, 0.1) is 0 Å². The monoisotopic (exact) mass is 267 g/mol. The van der Waals surface area contributed by atoms with Crippen molar-refractivity contribution in [1.82, 2.24) is 10.0 Å². The molecule has 18 heavy (non-hydrogen) atoms. The van der Waals surface area contributed by atoms with E-state index in [-0.39, 0.29) is 0 Å². The van der Waals surface area contributed by atoms with Crippen LogP contribution in [-0.4, -0.2) is 33.9 Å². The largest absolute Gasteiger partial charge is 0.317 e. The molecule has 98 valence electrons. The SMILES string of the molecule is CCNCCCN=C1NS(=O)(=O)c2ccccc21. The third-order valence-corrected chi connectivity index (χ3v) is 4.09. The molecule has 0 aliphatic carbocycles. The summed E-state index contributed by atoms with van der Waals surface area (Å²) in [5, 5.41) is 3.20. The van der Waals surface area contributed by atoms with Gasteiger partial charge >= 0.3 is 0 Å². The van der Waals surface area contributed by atoms with Gasteiger partial charge in [-0.1, -0.05) is 19.1 Å². The number of fused-ring (bicyclic) bond motifs is 1. The Morgan fingerprint density at radius 2 is 2.11 bits per heavy atom. The van der Waals surface area contributed by atoms with Gasteiger partial charge in [0, 0.05) is 12.1 Å². The smallest absolute Gasteiger partial charge is 0.263 e. The number of rotatable bonds is 5. The van der Waals surface area contributed by atoms with Gasteiger partial charge in [-0.15, -0.1) is 0 Å². The van der Waals surface area contributed by atoms with Crippen LogP contribution in [0.3, 0.4) is 0 Å². The number of amidine groups is 1. The first kappa shape index (κ1) is 13.0. The molecule has 1 aromatic carbocycles. The van der Waals surface area contributed by atoms with Crippen LogP contribution in [0.15, 0.2) is 34.2 Å². The van der Waals surface area contributed by atoms with Crippen LogP contribution in [0.2, 0.25) is 0 Å². The molecule has 0 amide bonds. The Balaban J connectivity index is 2.10. The van der Waals surface area contributed by atoms with Gasteiger partial charge < -0.3 is 5.32 Å². The average Bonchev–Trinajstić information content (AvgIpc) is 2.62. The van der Waals surface area contributed by atoms with E-state index in [1.54, 1.807) is 18.2 Å². The summed E-state index contributed by atoms with van der Waals surface area (Å²) >= 11 is 0. The molecule has 0 saturated heterocycles. The Hall–Kier alpha value is -1.40. The Morgan fingerprint density at radius 3 is 2.89 bits per heavy atom. The molecule has 2 N–H and O–H groups in total. The Kier molecular flexibility index (Phi) is 3.98. The first-order valence-corrected chi connectivity index (χ1v) is 7.51. The van der Waals surface area contributed by atoms with Crippen molar-refractivity contribution in [3.8, 4) is 0 Å². The van der Waals surface area contributed by atoms with Gasteiger partial charge in [0.2, 0.25) is 0 Å². The van der Waals surface area contributed by atoms with E-state index in [2.05, 4.69) is 15.0 Å². The summed E-state index contributed by atoms with van der Waals surface area (Å²) in [4.78, 5) is 4.63. The number of nitrogens with one attached hydrogen (secondary N) is 2. The summed E-state index contributed by atoms with van der Waals surface area (Å²) in [7, 11) is -3.40. The number of nitrogens with zero attached hydrogens (tertiary/aromatic N) is 1. The van der Waals surface area contributed by atoms with Gasteiger partial charge in [0.05, 0.1) is 4.90 Å². The van der Waals surface area contributed by atoms with Crippen molar-refractivity contribution in [3.63, 3.8) is 0 Å². The van der Waals surface area contributed by atoms with Gasteiger partial charge in [-0.05, 0) is 31.6 Å². The van der Waals surface area contributed by atoms with Crippen molar-refractivity contribution >= 4 is 15.9 Å². The van der Waals surface area contributed by atoms with Gasteiger partial charge in [0.1, 0.15) is 5.84 Å². The highest BCUT2D eigenvalue weighted by atomic mass is 32.2. The van der Waals surface area contributed by atoms with Crippen LogP contribution in [0.25, 0.3) is 0 Å². The summed E-state index contributed by atoms with van der Waals surface area (Å²) in [5.41, 5.74) is 0.668. The Morgan fingerprint density at radius 1 is 1.33 bits per heavy atom. The number of hydrogen-bond donors (Lipinski definition) is 2. The zero-order valence-corrected chi connectivity index (χ0v) is 11.1. The minimum Gasteiger partial charge on any atom is -0.317 e. The number of benzene rings is 1. The lowest BCUT2D eigenvalue weighted by molar-refractivity contribution is 0.595. The molecule has 1 aromatic rings. The summed E-state index contributed by atoms with van der Waals surface area (Å²) in [6, 6.07) is 6.90. The van der Waals surface area contributed by atoms with Crippen LogP contribution in [0.1, 0.15) is 18.9 Å². The van der Waals surface area contributed by atoms with Crippen molar-refractivity contribution < 1.29 is 8.42 Å². The predicted octanol–water partition coefficient (Wildman–Crippen LogP) is 0.725. The second-order valence-electron chi connectivity index (χ2n) is 4.04. The van der Waals surface area contributed by atoms with Crippen molar-refractivity contribution in [2.75, 3.05) is 19.6 Å². The van der Waals surface area contributed by atoms with Gasteiger partial charge in [-0.2, -0.15) is 0 Å². The minimum absolute atomic E-state index is 0.315. The fourth-order valence-corrected chi connectivity index (χ4v) is 3.07. The minimum atomic E-state index is -3.40. The maximum atomic E-state index is 11.8. The predicted molar refractivity (Wildman–Crippen MR) is 71.3 cm³/mol. The molecule has 2 rings (SSSR count). The zero-order chi connectivity index (χ0) is 13.0.